The van der Waals surface area contributed by atoms with Crippen LogP contribution in [0.5, 0.6) is 0 Å². The number of ether oxygens (including phenoxy) is 1. The fourth-order valence-electron chi connectivity index (χ4n) is 3.52. The molecule has 0 radical (unpaired) electrons. The van der Waals surface area contributed by atoms with Crippen molar-refractivity contribution in [3.8, 4) is 10.6 Å². The Labute approximate surface area is 162 Å². The minimum absolute atomic E-state index is 0.0733. The molecule has 0 spiro atoms. The third-order valence-corrected chi connectivity index (χ3v) is 5.99. The smallest absolute Gasteiger partial charge is 0.251 e. The second-order valence-electron chi connectivity index (χ2n) is 6.89. The topological polar surface area (TPSA) is 62.7 Å². The van der Waals surface area contributed by atoms with E-state index in [-0.39, 0.29) is 17.9 Å². The lowest BCUT2D eigenvalue weighted by Gasteiger charge is -2.35. The summed E-state index contributed by atoms with van der Waals surface area (Å²) in [7, 11) is 0. The van der Waals surface area contributed by atoms with Crippen LogP contribution in [0.25, 0.3) is 10.6 Å². The Bertz CT molecular complexity index is 794. The summed E-state index contributed by atoms with van der Waals surface area (Å²) < 4.78 is 5.48. The lowest BCUT2D eigenvalue weighted by molar-refractivity contribution is -0.145. The molecule has 2 amide bonds. The van der Waals surface area contributed by atoms with Crippen molar-refractivity contribution in [2.45, 2.75) is 25.4 Å². The number of thiazole rings is 1. The van der Waals surface area contributed by atoms with Gasteiger partial charge in [-0.15, -0.1) is 11.3 Å². The molecule has 2 fully saturated rings. The highest BCUT2D eigenvalue weighted by molar-refractivity contribution is 7.13. The predicted molar refractivity (Wildman–Crippen MR) is 103 cm³/mol. The molecule has 0 saturated carbocycles. The summed E-state index contributed by atoms with van der Waals surface area (Å²) in [5, 5.41) is 2.89. The molecule has 142 valence electrons. The first kappa shape index (κ1) is 18.1. The SMILES string of the molecule is O=C(Cc1csc(-c2ccccc2)n1)N1CCN(C(=O)C2CCCO2)CC1. The fourth-order valence-corrected chi connectivity index (χ4v) is 4.35. The van der Waals surface area contributed by atoms with Crippen molar-refractivity contribution in [1.82, 2.24) is 14.8 Å². The van der Waals surface area contributed by atoms with Crippen molar-refractivity contribution in [2.24, 2.45) is 0 Å². The van der Waals surface area contributed by atoms with Gasteiger partial charge in [-0.1, -0.05) is 30.3 Å². The summed E-state index contributed by atoms with van der Waals surface area (Å²) >= 11 is 1.56. The van der Waals surface area contributed by atoms with E-state index >= 15 is 0 Å². The van der Waals surface area contributed by atoms with Crippen molar-refractivity contribution in [2.75, 3.05) is 32.8 Å². The van der Waals surface area contributed by atoms with Crippen LogP contribution in [0, 0.1) is 0 Å². The van der Waals surface area contributed by atoms with Crippen LogP contribution in [-0.2, 0) is 20.7 Å². The third kappa shape index (κ3) is 4.20. The van der Waals surface area contributed by atoms with Gasteiger partial charge < -0.3 is 14.5 Å². The van der Waals surface area contributed by atoms with Gasteiger partial charge in [-0.3, -0.25) is 9.59 Å². The average molecular weight is 385 g/mol. The number of nitrogens with zero attached hydrogens (tertiary/aromatic N) is 3. The van der Waals surface area contributed by atoms with E-state index in [4.69, 9.17) is 4.74 Å². The van der Waals surface area contributed by atoms with E-state index in [1.54, 1.807) is 11.3 Å². The molecule has 1 atom stereocenters. The largest absolute Gasteiger partial charge is 0.368 e. The van der Waals surface area contributed by atoms with E-state index in [0.717, 1.165) is 29.1 Å². The molecule has 7 heteroatoms. The number of carbonyl (C=O) groups excluding carboxylic acids is 2. The van der Waals surface area contributed by atoms with Gasteiger partial charge in [0.2, 0.25) is 5.91 Å². The summed E-state index contributed by atoms with van der Waals surface area (Å²) in [6.07, 6.45) is 1.79. The number of aromatic nitrogens is 1. The number of benzene rings is 1. The highest BCUT2D eigenvalue weighted by Crippen LogP contribution is 2.24. The monoisotopic (exact) mass is 385 g/mol. The maximum atomic E-state index is 12.6. The number of rotatable bonds is 4. The van der Waals surface area contributed by atoms with E-state index in [1.807, 2.05) is 45.5 Å². The third-order valence-electron chi connectivity index (χ3n) is 5.05. The highest BCUT2D eigenvalue weighted by atomic mass is 32.1. The van der Waals surface area contributed by atoms with Gasteiger partial charge in [0.05, 0.1) is 12.1 Å². The molecule has 0 aliphatic carbocycles. The molecule has 4 rings (SSSR count). The van der Waals surface area contributed by atoms with Crippen molar-refractivity contribution >= 4 is 23.2 Å². The molecule has 1 aromatic heterocycles. The van der Waals surface area contributed by atoms with Crippen molar-refractivity contribution < 1.29 is 14.3 Å². The number of hydrogen-bond donors (Lipinski definition) is 0. The molecule has 27 heavy (non-hydrogen) atoms. The van der Waals surface area contributed by atoms with Gasteiger partial charge in [-0.2, -0.15) is 0 Å². The molecule has 1 unspecified atom stereocenters. The minimum Gasteiger partial charge on any atom is -0.368 e. The first-order valence-electron chi connectivity index (χ1n) is 9.39. The van der Waals surface area contributed by atoms with Gasteiger partial charge in [-0.25, -0.2) is 4.98 Å². The summed E-state index contributed by atoms with van der Waals surface area (Å²) in [5.41, 5.74) is 1.88. The molecular formula is C20H23N3O3S. The number of carbonyl (C=O) groups is 2. The van der Waals surface area contributed by atoms with Gasteiger partial charge in [-0.05, 0) is 12.8 Å². The quantitative estimate of drug-likeness (QED) is 0.810. The van der Waals surface area contributed by atoms with Crippen molar-refractivity contribution in [3.05, 3.63) is 41.4 Å². The van der Waals surface area contributed by atoms with Crippen molar-refractivity contribution in [1.29, 1.82) is 0 Å². The van der Waals surface area contributed by atoms with E-state index < -0.39 is 0 Å². The molecule has 3 heterocycles. The normalized spacial score (nSPS) is 20.1. The fraction of sp³-hybridized carbons (Fsp3) is 0.450. The second-order valence-corrected chi connectivity index (χ2v) is 7.75. The molecule has 2 aliphatic heterocycles. The van der Waals surface area contributed by atoms with Crippen LogP contribution in [-0.4, -0.2) is 65.5 Å². The summed E-state index contributed by atoms with van der Waals surface area (Å²) in [6, 6.07) is 9.99. The van der Waals surface area contributed by atoms with Crippen LogP contribution in [0.4, 0.5) is 0 Å². The van der Waals surface area contributed by atoms with Gasteiger partial charge in [0.15, 0.2) is 0 Å². The first-order valence-corrected chi connectivity index (χ1v) is 10.3. The van der Waals surface area contributed by atoms with Crippen LogP contribution in [0.15, 0.2) is 35.7 Å². The Kier molecular flexibility index (Phi) is 5.50. The Morgan fingerprint density at radius 3 is 2.56 bits per heavy atom. The molecule has 2 saturated heterocycles. The number of hydrogen-bond acceptors (Lipinski definition) is 5. The summed E-state index contributed by atoms with van der Waals surface area (Å²) in [4.78, 5) is 33.3. The van der Waals surface area contributed by atoms with Crippen LogP contribution in [0.1, 0.15) is 18.5 Å². The Hall–Kier alpha value is -2.25. The zero-order valence-electron chi connectivity index (χ0n) is 15.2. The average Bonchev–Trinajstić information content (AvgIpc) is 3.40. The Balaban J connectivity index is 1.30. The molecular weight excluding hydrogens is 362 g/mol. The van der Waals surface area contributed by atoms with Crippen LogP contribution in [0.2, 0.25) is 0 Å². The number of amides is 2. The molecule has 2 aromatic rings. The van der Waals surface area contributed by atoms with Crippen LogP contribution in [0.3, 0.4) is 0 Å². The van der Waals surface area contributed by atoms with E-state index in [9.17, 15) is 9.59 Å². The van der Waals surface area contributed by atoms with E-state index in [2.05, 4.69) is 4.98 Å². The maximum absolute atomic E-state index is 12.6. The predicted octanol–water partition coefficient (Wildman–Crippen LogP) is 2.20. The molecule has 0 bridgehead atoms. The standard InChI is InChI=1S/C20H23N3O3S/c24-18(13-16-14-27-19(21-16)15-5-2-1-3-6-15)22-8-10-23(11-9-22)20(25)17-7-4-12-26-17/h1-3,5-6,14,17H,4,7-13H2. The second kappa shape index (κ2) is 8.19. The Morgan fingerprint density at radius 2 is 1.85 bits per heavy atom. The van der Waals surface area contributed by atoms with Crippen molar-refractivity contribution in [3.63, 3.8) is 0 Å². The molecule has 2 aliphatic rings. The van der Waals surface area contributed by atoms with E-state index in [0.29, 0.717) is 39.2 Å². The summed E-state index contributed by atoms with van der Waals surface area (Å²) in [6.45, 7) is 2.99. The van der Waals surface area contributed by atoms with Gasteiger partial charge >= 0.3 is 0 Å². The lowest BCUT2D eigenvalue weighted by atomic mass is 10.2. The van der Waals surface area contributed by atoms with Gasteiger partial charge in [0.1, 0.15) is 11.1 Å². The summed E-state index contributed by atoms with van der Waals surface area (Å²) in [5.74, 6) is 0.149. The molecule has 1 aromatic carbocycles. The van der Waals surface area contributed by atoms with E-state index in [1.165, 1.54) is 0 Å². The van der Waals surface area contributed by atoms with Gasteiger partial charge in [0.25, 0.3) is 5.91 Å². The minimum atomic E-state index is -0.279. The van der Waals surface area contributed by atoms with Crippen LogP contribution >= 0.6 is 11.3 Å². The highest BCUT2D eigenvalue weighted by Gasteiger charge is 2.31. The number of piperazine rings is 1. The van der Waals surface area contributed by atoms with Crippen LogP contribution < -0.4 is 0 Å². The van der Waals surface area contributed by atoms with Gasteiger partial charge in [0, 0.05) is 43.7 Å². The zero-order valence-corrected chi connectivity index (χ0v) is 16.0. The Morgan fingerprint density at radius 1 is 1.11 bits per heavy atom. The maximum Gasteiger partial charge on any atom is 0.251 e. The zero-order chi connectivity index (χ0) is 18.6. The molecule has 6 nitrogen and oxygen atoms in total. The lowest BCUT2D eigenvalue weighted by Crippen LogP contribution is -2.53. The first-order chi connectivity index (χ1) is 13.2. The molecule has 0 N–H and O–H groups in total.